The second kappa shape index (κ2) is 7.80. The Hall–Kier alpha value is -3.79. The van der Waals surface area contributed by atoms with Crippen molar-refractivity contribution in [3.63, 3.8) is 0 Å². The fourth-order valence-electron chi connectivity index (χ4n) is 3.29. The number of hydrogen-bond donors (Lipinski definition) is 2. The number of amides is 4. The largest absolute Gasteiger partial charge is 0.325 e. The third-order valence-corrected chi connectivity index (χ3v) is 5.13. The van der Waals surface area contributed by atoms with Gasteiger partial charge >= 0.3 is 6.03 Å². The van der Waals surface area contributed by atoms with Crippen LogP contribution in [-0.4, -0.2) is 44.1 Å². The van der Waals surface area contributed by atoms with Crippen molar-refractivity contribution in [2.75, 3.05) is 11.9 Å². The van der Waals surface area contributed by atoms with Crippen LogP contribution in [0.5, 0.6) is 0 Å². The van der Waals surface area contributed by atoms with Gasteiger partial charge < -0.3 is 10.6 Å². The van der Waals surface area contributed by atoms with Crippen LogP contribution >= 0.6 is 11.6 Å². The smallest absolute Gasteiger partial charge is 0.323 e. The van der Waals surface area contributed by atoms with E-state index in [1.54, 1.807) is 12.1 Å². The maximum atomic E-state index is 13.2. The van der Waals surface area contributed by atoms with Crippen molar-refractivity contribution in [2.45, 2.75) is 12.5 Å². The van der Waals surface area contributed by atoms with Crippen LogP contribution in [0.3, 0.4) is 0 Å². The van der Waals surface area contributed by atoms with Gasteiger partial charge in [0.05, 0.1) is 11.4 Å². The van der Waals surface area contributed by atoms with E-state index in [0.29, 0.717) is 22.0 Å². The third kappa shape index (κ3) is 3.84. The summed E-state index contributed by atoms with van der Waals surface area (Å²) in [4.78, 5) is 42.7. The van der Waals surface area contributed by atoms with Crippen molar-refractivity contribution in [3.8, 4) is 5.69 Å². The molecule has 1 atom stereocenters. The Morgan fingerprint density at radius 3 is 2.65 bits per heavy atom. The van der Waals surface area contributed by atoms with E-state index in [1.807, 2.05) is 0 Å². The highest BCUT2D eigenvalue weighted by molar-refractivity contribution is 6.31. The number of benzene rings is 2. The van der Waals surface area contributed by atoms with Crippen LogP contribution in [0.1, 0.15) is 12.5 Å². The zero-order chi connectivity index (χ0) is 22.2. The van der Waals surface area contributed by atoms with Crippen molar-refractivity contribution in [2.24, 2.45) is 0 Å². The summed E-state index contributed by atoms with van der Waals surface area (Å²) in [6.45, 7) is 0.975. The lowest BCUT2D eigenvalue weighted by atomic mass is 9.92. The van der Waals surface area contributed by atoms with Gasteiger partial charge in [-0.05, 0) is 42.8 Å². The van der Waals surface area contributed by atoms with Crippen LogP contribution in [0, 0.1) is 5.82 Å². The first-order valence-electron chi connectivity index (χ1n) is 9.12. The molecule has 0 bridgehead atoms. The number of halogens is 2. The minimum absolute atomic E-state index is 0.330. The minimum atomic E-state index is -1.41. The Bertz CT molecular complexity index is 1170. The molecule has 1 aliphatic heterocycles. The van der Waals surface area contributed by atoms with E-state index in [-0.39, 0.29) is 0 Å². The van der Waals surface area contributed by atoms with Gasteiger partial charge in [-0.15, -0.1) is 0 Å². The van der Waals surface area contributed by atoms with E-state index in [2.05, 4.69) is 20.7 Å². The molecule has 11 heteroatoms. The van der Waals surface area contributed by atoms with E-state index in [0.717, 1.165) is 4.90 Å². The summed E-state index contributed by atoms with van der Waals surface area (Å²) in [5.41, 5.74) is -0.175. The Morgan fingerprint density at radius 2 is 1.97 bits per heavy atom. The summed E-state index contributed by atoms with van der Waals surface area (Å²) in [5.74, 6) is -1.71. The molecule has 0 unspecified atom stereocenters. The fourth-order valence-corrected chi connectivity index (χ4v) is 3.47. The van der Waals surface area contributed by atoms with Crippen LogP contribution in [0.25, 0.3) is 5.69 Å². The quantitative estimate of drug-likeness (QED) is 0.590. The first-order chi connectivity index (χ1) is 14.8. The number of hydrogen-bond acceptors (Lipinski definition) is 5. The summed E-state index contributed by atoms with van der Waals surface area (Å²) in [6, 6.07) is 9.27. The number of urea groups is 1. The Labute approximate surface area is 180 Å². The highest BCUT2D eigenvalue weighted by Crippen LogP contribution is 2.29. The predicted octanol–water partition coefficient (Wildman–Crippen LogP) is 2.47. The minimum Gasteiger partial charge on any atom is -0.323 e. The zero-order valence-corrected chi connectivity index (χ0v) is 16.9. The first kappa shape index (κ1) is 20.5. The molecule has 1 aromatic heterocycles. The Balaban J connectivity index is 1.53. The third-order valence-electron chi connectivity index (χ3n) is 4.90. The van der Waals surface area contributed by atoms with E-state index in [4.69, 9.17) is 11.6 Å². The normalized spacial score (nSPS) is 18.2. The molecule has 31 heavy (non-hydrogen) atoms. The molecule has 2 N–H and O–H groups in total. The van der Waals surface area contributed by atoms with Crippen LogP contribution in [0.4, 0.5) is 14.9 Å². The number of nitrogens with zero attached hydrogens (tertiary/aromatic N) is 4. The number of imide groups is 1. The average Bonchev–Trinajstić information content (AvgIpc) is 3.32. The molecule has 0 aliphatic carbocycles. The molecule has 4 rings (SSSR count). The van der Waals surface area contributed by atoms with Crippen molar-refractivity contribution in [1.29, 1.82) is 0 Å². The van der Waals surface area contributed by atoms with Gasteiger partial charge in [0.25, 0.3) is 5.91 Å². The molecule has 0 radical (unpaired) electrons. The maximum absolute atomic E-state index is 13.2. The van der Waals surface area contributed by atoms with Gasteiger partial charge in [-0.3, -0.25) is 14.5 Å². The number of nitrogens with one attached hydrogen (secondary N) is 2. The first-order valence-corrected chi connectivity index (χ1v) is 9.50. The van der Waals surface area contributed by atoms with Gasteiger partial charge in [0.15, 0.2) is 0 Å². The summed E-state index contributed by atoms with van der Waals surface area (Å²) in [5, 5.41) is 9.62. The number of rotatable bonds is 5. The molecule has 2 heterocycles. The highest BCUT2D eigenvalue weighted by atomic mass is 35.5. The van der Waals surface area contributed by atoms with Gasteiger partial charge in [0.1, 0.15) is 30.6 Å². The van der Waals surface area contributed by atoms with E-state index < -0.39 is 35.7 Å². The maximum Gasteiger partial charge on any atom is 0.325 e. The summed E-state index contributed by atoms with van der Waals surface area (Å²) in [7, 11) is 0. The molecule has 1 fully saturated rings. The lowest BCUT2D eigenvalue weighted by Crippen LogP contribution is -2.42. The van der Waals surface area contributed by atoms with Crippen LogP contribution in [0.2, 0.25) is 5.02 Å². The SMILES string of the molecule is C[C@]1(c2ccc(F)cc2)NC(=O)N(CC(=O)Nc2cc(Cl)ccc2-n2cncn2)C1=O. The number of carbonyl (C=O) groups is 3. The molecule has 1 saturated heterocycles. The molecule has 158 valence electrons. The van der Waals surface area contributed by atoms with E-state index in [9.17, 15) is 18.8 Å². The highest BCUT2D eigenvalue weighted by Gasteiger charge is 2.49. The molecular formula is C20H16ClFN6O3. The second-order valence-corrected chi connectivity index (χ2v) is 7.44. The molecule has 0 saturated carbocycles. The Kier molecular flexibility index (Phi) is 5.15. The topological polar surface area (TPSA) is 109 Å². The molecule has 9 nitrogen and oxygen atoms in total. The van der Waals surface area contributed by atoms with Crippen molar-refractivity contribution in [1.82, 2.24) is 25.0 Å². The van der Waals surface area contributed by atoms with Crippen LogP contribution in [0.15, 0.2) is 55.1 Å². The standard InChI is InChI=1S/C20H16ClFN6O3/c1-20(12-2-5-14(22)6-3-12)18(30)27(19(31)26-20)9-17(29)25-15-8-13(21)4-7-16(15)28-11-23-10-24-28/h2-8,10-11H,9H2,1H3,(H,25,29)(H,26,31)/t20-/m1/s1. The van der Waals surface area contributed by atoms with Crippen molar-refractivity contribution < 1.29 is 18.8 Å². The van der Waals surface area contributed by atoms with E-state index in [1.165, 1.54) is 54.6 Å². The molecule has 4 amide bonds. The molecule has 2 aromatic carbocycles. The fraction of sp³-hybridized carbons (Fsp3) is 0.150. The van der Waals surface area contributed by atoms with Gasteiger partial charge in [-0.2, -0.15) is 5.10 Å². The van der Waals surface area contributed by atoms with Crippen molar-refractivity contribution >= 4 is 35.1 Å². The van der Waals surface area contributed by atoms with Crippen LogP contribution in [-0.2, 0) is 15.1 Å². The average molecular weight is 443 g/mol. The van der Waals surface area contributed by atoms with Gasteiger partial charge in [0, 0.05) is 5.02 Å². The lowest BCUT2D eigenvalue weighted by molar-refractivity contribution is -0.133. The lowest BCUT2D eigenvalue weighted by Gasteiger charge is -2.22. The predicted molar refractivity (Wildman–Crippen MR) is 109 cm³/mol. The molecule has 0 spiro atoms. The molecule has 3 aromatic rings. The molecule has 1 aliphatic rings. The molecular weight excluding hydrogens is 427 g/mol. The zero-order valence-electron chi connectivity index (χ0n) is 16.2. The summed E-state index contributed by atoms with van der Waals surface area (Å²) in [6.07, 6.45) is 2.79. The number of carbonyl (C=O) groups excluding carboxylic acids is 3. The van der Waals surface area contributed by atoms with Gasteiger partial charge in [-0.25, -0.2) is 18.9 Å². The number of aromatic nitrogens is 3. The Morgan fingerprint density at radius 1 is 1.23 bits per heavy atom. The van der Waals surface area contributed by atoms with E-state index >= 15 is 0 Å². The van der Waals surface area contributed by atoms with Gasteiger partial charge in [0.2, 0.25) is 5.91 Å². The summed E-state index contributed by atoms with van der Waals surface area (Å²) < 4.78 is 14.7. The monoisotopic (exact) mass is 442 g/mol. The number of anilines is 1. The van der Waals surface area contributed by atoms with Crippen LogP contribution < -0.4 is 10.6 Å². The second-order valence-electron chi connectivity index (χ2n) is 7.00. The van der Waals surface area contributed by atoms with Crippen molar-refractivity contribution in [3.05, 3.63) is 71.5 Å². The summed E-state index contributed by atoms with van der Waals surface area (Å²) >= 11 is 6.04. The van der Waals surface area contributed by atoms with Gasteiger partial charge in [-0.1, -0.05) is 23.7 Å².